The highest BCUT2D eigenvalue weighted by Crippen LogP contribution is 2.36. The number of piperidine rings is 1. The first-order valence-corrected chi connectivity index (χ1v) is 13.0. The van der Waals surface area contributed by atoms with Gasteiger partial charge in [0.15, 0.2) is 0 Å². The molecule has 0 saturated carbocycles. The van der Waals surface area contributed by atoms with Crippen LogP contribution in [-0.4, -0.2) is 44.0 Å². The van der Waals surface area contributed by atoms with Gasteiger partial charge in [0.2, 0.25) is 0 Å². The molecule has 2 bridgehead atoms. The Balaban J connectivity index is 1.40. The van der Waals surface area contributed by atoms with Crippen LogP contribution in [0.3, 0.4) is 0 Å². The van der Waals surface area contributed by atoms with E-state index in [1.165, 1.54) is 24.3 Å². The largest absolute Gasteiger partial charge is 0.497 e. The van der Waals surface area contributed by atoms with Crippen LogP contribution in [0.2, 0.25) is 0 Å². The molecule has 1 fully saturated rings. The zero-order valence-corrected chi connectivity index (χ0v) is 20.4. The van der Waals surface area contributed by atoms with Crippen molar-refractivity contribution >= 4 is 21.6 Å². The predicted molar refractivity (Wildman–Crippen MR) is 132 cm³/mol. The second kappa shape index (κ2) is 9.17. The molecular formula is C26H24N4O5S. The van der Waals surface area contributed by atoms with Gasteiger partial charge < -0.3 is 14.2 Å². The number of hydrogen-bond acceptors (Lipinski definition) is 6. The van der Waals surface area contributed by atoms with Crippen LogP contribution in [0.5, 0.6) is 5.75 Å². The molecule has 2 aliphatic rings. The van der Waals surface area contributed by atoms with E-state index in [1.54, 1.807) is 48.1 Å². The van der Waals surface area contributed by atoms with Crippen molar-refractivity contribution in [2.45, 2.75) is 23.8 Å². The van der Waals surface area contributed by atoms with Crippen molar-refractivity contribution in [2.24, 2.45) is 5.92 Å². The molecule has 2 aromatic carbocycles. The summed E-state index contributed by atoms with van der Waals surface area (Å²) in [6.07, 6.45) is 0.854. The molecule has 3 aromatic rings. The number of aromatic nitrogens is 1. The van der Waals surface area contributed by atoms with E-state index in [4.69, 9.17) is 4.74 Å². The number of likely N-dealkylation sites (tertiary alicyclic amines) is 1. The lowest BCUT2D eigenvalue weighted by atomic mass is 9.83. The Morgan fingerprint density at radius 3 is 2.53 bits per heavy atom. The molecule has 3 heterocycles. The lowest BCUT2D eigenvalue weighted by molar-refractivity contribution is 0.0594. The third kappa shape index (κ3) is 4.22. The summed E-state index contributed by atoms with van der Waals surface area (Å²) in [5.41, 5.74) is 0.853. The van der Waals surface area contributed by atoms with Gasteiger partial charge in [0, 0.05) is 36.8 Å². The van der Waals surface area contributed by atoms with E-state index in [1.807, 2.05) is 11.0 Å². The molecule has 2 unspecified atom stereocenters. The molecule has 1 N–H and O–H groups in total. The number of benzene rings is 2. The van der Waals surface area contributed by atoms with Crippen LogP contribution in [0.25, 0.3) is 0 Å². The summed E-state index contributed by atoms with van der Waals surface area (Å²) in [5, 5.41) is 9.27. The van der Waals surface area contributed by atoms with Crippen molar-refractivity contribution in [3.05, 3.63) is 87.8 Å². The Morgan fingerprint density at radius 1 is 1.06 bits per heavy atom. The number of nitriles is 1. The lowest BCUT2D eigenvalue weighted by Gasteiger charge is -2.43. The number of rotatable bonds is 5. The molecule has 9 nitrogen and oxygen atoms in total. The predicted octanol–water partition coefficient (Wildman–Crippen LogP) is 2.79. The van der Waals surface area contributed by atoms with Gasteiger partial charge in [-0.1, -0.05) is 12.1 Å². The Labute approximate surface area is 208 Å². The lowest BCUT2D eigenvalue weighted by Crippen LogP contribution is -2.49. The van der Waals surface area contributed by atoms with Crippen LogP contribution in [0, 0.1) is 17.2 Å². The van der Waals surface area contributed by atoms with Crippen LogP contribution in [-0.2, 0) is 16.6 Å². The number of fused-ring (bicyclic) bond motifs is 4. The second-order valence-electron chi connectivity index (χ2n) is 9.04. The maximum absolute atomic E-state index is 13.3. The van der Waals surface area contributed by atoms with Crippen molar-refractivity contribution in [1.82, 2.24) is 9.47 Å². The SMILES string of the molecule is COc1ccc(C(=O)N2CC3CC(C2)c2ccc(NS(=O)(=O)c4ccccc4C#N)c(=O)n2C3)cc1. The minimum absolute atomic E-state index is 0.000729. The molecule has 5 rings (SSSR count). The molecule has 0 aliphatic carbocycles. The van der Waals surface area contributed by atoms with E-state index in [0.717, 1.165) is 12.1 Å². The molecule has 2 atom stereocenters. The highest BCUT2D eigenvalue weighted by Gasteiger charge is 2.37. The number of carbonyl (C=O) groups excluding carboxylic acids is 1. The minimum Gasteiger partial charge on any atom is -0.497 e. The highest BCUT2D eigenvalue weighted by molar-refractivity contribution is 7.92. The number of ether oxygens (including phenoxy) is 1. The first-order valence-electron chi connectivity index (χ1n) is 11.5. The molecule has 2 aliphatic heterocycles. The summed E-state index contributed by atoms with van der Waals surface area (Å²) in [5.74, 6) is 0.654. The first kappa shape index (κ1) is 23.6. The van der Waals surface area contributed by atoms with E-state index in [0.29, 0.717) is 30.9 Å². The minimum atomic E-state index is -4.13. The number of carbonyl (C=O) groups is 1. The number of nitrogens with one attached hydrogen (secondary N) is 1. The average molecular weight is 505 g/mol. The van der Waals surface area contributed by atoms with Gasteiger partial charge in [0.05, 0.1) is 12.7 Å². The fraction of sp³-hybridized carbons (Fsp3) is 0.269. The van der Waals surface area contributed by atoms with Gasteiger partial charge in [-0.2, -0.15) is 5.26 Å². The molecular weight excluding hydrogens is 480 g/mol. The summed E-state index contributed by atoms with van der Waals surface area (Å²) in [4.78, 5) is 28.1. The molecule has 0 spiro atoms. The fourth-order valence-corrected chi connectivity index (χ4v) is 6.31. The van der Waals surface area contributed by atoms with Gasteiger partial charge >= 0.3 is 0 Å². The fourth-order valence-electron chi connectivity index (χ4n) is 5.10. The Bertz CT molecular complexity index is 1540. The van der Waals surface area contributed by atoms with E-state index in [-0.39, 0.29) is 33.9 Å². The molecule has 0 radical (unpaired) electrons. The molecule has 184 valence electrons. The number of amides is 1. The van der Waals surface area contributed by atoms with E-state index in [2.05, 4.69) is 4.72 Å². The Morgan fingerprint density at radius 2 is 1.81 bits per heavy atom. The molecule has 1 saturated heterocycles. The van der Waals surface area contributed by atoms with E-state index < -0.39 is 15.6 Å². The number of methoxy groups -OCH3 is 1. The van der Waals surface area contributed by atoms with Crippen molar-refractivity contribution in [3.8, 4) is 11.8 Å². The number of nitrogens with zero attached hydrogens (tertiary/aromatic N) is 3. The third-order valence-corrected chi connectivity index (χ3v) is 8.19. The number of sulfonamides is 1. The number of anilines is 1. The van der Waals surface area contributed by atoms with E-state index in [9.17, 15) is 23.3 Å². The molecule has 1 amide bonds. The summed E-state index contributed by atoms with van der Waals surface area (Å²) in [6.45, 7) is 1.38. The first-order chi connectivity index (χ1) is 17.3. The van der Waals surface area contributed by atoms with Crippen LogP contribution in [0.1, 0.15) is 34.0 Å². The maximum Gasteiger partial charge on any atom is 0.275 e. The van der Waals surface area contributed by atoms with Gasteiger partial charge in [-0.3, -0.25) is 14.3 Å². The Kier molecular flexibility index (Phi) is 6.02. The van der Waals surface area contributed by atoms with Crippen LogP contribution < -0.4 is 15.0 Å². The van der Waals surface area contributed by atoms with Crippen molar-refractivity contribution in [2.75, 3.05) is 24.9 Å². The Hall–Kier alpha value is -4.10. The monoisotopic (exact) mass is 504 g/mol. The highest BCUT2D eigenvalue weighted by atomic mass is 32.2. The van der Waals surface area contributed by atoms with Crippen LogP contribution in [0.4, 0.5) is 5.69 Å². The van der Waals surface area contributed by atoms with Gasteiger partial charge in [-0.15, -0.1) is 0 Å². The van der Waals surface area contributed by atoms with Gasteiger partial charge in [-0.25, -0.2) is 8.42 Å². The second-order valence-corrected chi connectivity index (χ2v) is 10.7. The standard InChI is InChI=1S/C26H24N4O5S/c1-35-21-8-6-18(7-9-21)25(31)29-14-17-12-20(16-29)23-11-10-22(26(32)30(23)15-17)28-36(33,34)24-5-3-2-4-19(24)13-27/h2-11,17,20,28H,12,14-16H2,1H3. The average Bonchev–Trinajstić information content (AvgIpc) is 2.90. The number of pyridine rings is 1. The summed E-state index contributed by atoms with van der Waals surface area (Å²) in [7, 11) is -2.55. The van der Waals surface area contributed by atoms with Crippen LogP contribution >= 0.6 is 0 Å². The smallest absolute Gasteiger partial charge is 0.275 e. The van der Waals surface area contributed by atoms with Crippen molar-refractivity contribution in [3.63, 3.8) is 0 Å². The van der Waals surface area contributed by atoms with Gasteiger partial charge in [0.1, 0.15) is 22.4 Å². The summed E-state index contributed by atoms with van der Waals surface area (Å²) in [6, 6.07) is 17.9. The van der Waals surface area contributed by atoms with Gasteiger partial charge in [0.25, 0.3) is 21.5 Å². The number of hydrogen-bond donors (Lipinski definition) is 1. The maximum atomic E-state index is 13.3. The quantitative estimate of drug-likeness (QED) is 0.570. The van der Waals surface area contributed by atoms with Crippen molar-refractivity contribution in [1.29, 1.82) is 5.26 Å². The zero-order chi connectivity index (χ0) is 25.4. The molecule has 10 heteroatoms. The van der Waals surface area contributed by atoms with Crippen molar-refractivity contribution < 1.29 is 17.9 Å². The normalized spacial score (nSPS) is 18.6. The van der Waals surface area contributed by atoms with E-state index >= 15 is 0 Å². The van der Waals surface area contributed by atoms with Crippen LogP contribution in [0.15, 0.2) is 70.4 Å². The zero-order valence-electron chi connectivity index (χ0n) is 19.5. The molecule has 36 heavy (non-hydrogen) atoms. The molecule has 1 aromatic heterocycles. The van der Waals surface area contributed by atoms with Gasteiger partial charge in [-0.05, 0) is 60.9 Å². The summed E-state index contributed by atoms with van der Waals surface area (Å²) < 4.78 is 35.0. The third-order valence-electron chi connectivity index (χ3n) is 6.77. The summed E-state index contributed by atoms with van der Waals surface area (Å²) >= 11 is 0. The topological polar surface area (TPSA) is 122 Å².